The second kappa shape index (κ2) is 16.0. The fraction of sp³-hybridized carbons (Fsp3) is 0.323. The van der Waals surface area contributed by atoms with Crippen LogP contribution in [-0.4, -0.2) is 25.3 Å². The summed E-state index contributed by atoms with van der Waals surface area (Å²) in [5.41, 5.74) is 5.56. The second-order valence-electron chi connectivity index (χ2n) is 8.80. The van der Waals surface area contributed by atoms with Crippen molar-refractivity contribution in [2.45, 2.75) is 60.0 Å². The van der Waals surface area contributed by atoms with Crippen molar-refractivity contribution in [3.05, 3.63) is 89.2 Å². The number of carbonyl (C=O) groups is 1. The van der Waals surface area contributed by atoms with Crippen molar-refractivity contribution in [1.29, 1.82) is 0 Å². The summed E-state index contributed by atoms with van der Waals surface area (Å²) in [5.74, 6) is 0.540. The Morgan fingerprint density at radius 1 is 1.08 bits per heavy atom. The molecule has 7 heteroatoms. The van der Waals surface area contributed by atoms with Crippen LogP contribution in [0.4, 0.5) is 20.6 Å². The number of carbonyl (C=O) groups excluding carboxylic acids is 1. The Morgan fingerprint density at radius 3 is 2.45 bits per heavy atom. The summed E-state index contributed by atoms with van der Waals surface area (Å²) in [6, 6.07) is 19.4. The summed E-state index contributed by atoms with van der Waals surface area (Å²) in [5, 5.41) is 2.63. The van der Waals surface area contributed by atoms with E-state index in [2.05, 4.69) is 29.1 Å². The topological polar surface area (TPSA) is 72.3 Å². The average Bonchev–Trinajstić information content (AvgIpc) is 2.90. The van der Waals surface area contributed by atoms with E-state index in [1.54, 1.807) is 44.6 Å². The number of nitrogens with one attached hydrogen (secondary N) is 1. The van der Waals surface area contributed by atoms with Crippen LogP contribution in [0.3, 0.4) is 0 Å². The van der Waals surface area contributed by atoms with Gasteiger partial charge in [0.1, 0.15) is 24.0 Å². The zero-order chi connectivity index (χ0) is 27.9. The first-order chi connectivity index (χ1) is 18.2. The fourth-order valence-corrected chi connectivity index (χ4v) is 3.50. The number of aryl methyl sites for hydroxylation is 2. The Kier molecular flexibility index (Phi) is 12.7. The highest BCUT2D eigenvalue weighted by molar-refractivity contribution is 5.89. The molecular formula is C31H38FN3O3. The van der Waals surface area contributed by atoms with Gasteiger partial charge in [0.15, 0.2) is 0 Å². The first-order valence-electron chi connectivity index (χ1n) is 12.8. The zero-order valence-electron chi connectivity index (χ0n) is 23.1. The van der Waals surface area contributed by atoms with E-state index >= 15 is 0 Å². The maximum atomic E-state index is 13.1. The average molecular weight is 520 g/mol. The normalized spacial score (nSPS) is 11.9. The first kappa shape index (κ1) is 30.2. The van der Waals surface area contributed by atoms with Crippen LogP contribution in [0.5, 0.6) is 5.75 Å². The van der Waals surface area contributed by atoms with Gasteiger partial charge in [0.05, 0.1) is 12.8 Å². The number of aliphatic imine (C=N–C) groups is 2. The second-order valence-corrected chi connectivity index (χ2v) is 8.80. The molecule has 6 nitrogen and oxygen atoms in total. The Bertz CT molecular complexity index is 1220. The van der Waals surface area contributed by atoms with E-state index in [0.29, 0.717) is 11.3 Å². The predicted octanol–water partition coefficient (Wildman–Crippen LogP) is 8.62. The molecule has 3 rings (SSSR count). The van der Waals surface area contributed by atoms with Crippen molar-refractivity contribution in [1.82, 2.24) is 0 Å². The number of benzene rings is 3. The van der Waals surface area contributed by atoms with Crippen LogP contribution in [0.1, 0.15) is 63.3 Å². The van der Waals surface area contributed by atoms with E-state index in [-0.39, 0.29) is 5.82 Å². The first-order valence-corrected chi connectivity index (χ1v) is 12.8. The smallest absolute Gasteiger partial charge is 0.412 e. The number of ether oxygens (including phenoxy) is 2. The Morgan fingerprint density at radius 2 is 1.82 bits per heavy atom. The van der Waals surface area contributed by atoms with E-state index in [0.717, 1.165) is 42.0 Å². The molecule has 1 N–H and O–H groups in total. The Labute approximate surface area is 225 Å². The molecule has 0 saturated heterocycles. The third kappa shape index (κ3) is 10.5. The van der Waals surface area contributed by atoms with Crippen LogP contribution in [0, 0.1) is 12.7 Å². The Hall–Kier alpha value is -4.00. The highest BCUT2D eigenvalue weighted by Gasteiger charge is 2.12. The summed E-state index contributed by atoms with van der Waals surface area (Å²) < 4.78 is 23.6. The Balaban J connectivity index is 0.000000269. The van der Waals surface area contributed by atoms with Gasteiger partial charge in [-0.2, -0.15) is 0 Å². The quantitative estimate of drug-likeness (QED) is 0.227. The highest BCUT2D eigenvalue weighted by Crippen LogP contribution is 2.25. The molecule has 0 aliphatic rings. The van der Waals surface area contributed by atoms with Gasteiger partial charge in [0.25, 0.3) is 0 Å². The lowest BCUT2D eigenvalue weighted by molar-refractivity contribution is 0.121. The van der Waals surface area contributed by atoms with Crippen molar-refractivity contribution in [2.24, 2.45) is 9.98 Å². The van der Waals surface area contributed by atoms with Crippen LogP contribution in [0.2, 0.25) is 0 Å². The molecule has 0 aromatic heterocycles. The van der Waals surface area contributed by atoms with Gasteiger partial charge in [-0.1, -0.05) is 56.2 Å². The van der Waals surface area contributed by atoms with Gasteiger partial charge in [0.2, 0.25) is 0 Å². The number of anilines is 1. The molecule has 202 valence electrons. The third-order valence-corrected chi connectivity index (χ3v) is 5.65. The molecule has 1 atom stereocenters. The van der Waals surface area contributed by atoms with Gasteiger partial charge in [-0.05, 0) is 75.1 Å². The van der Waals surface area contributed by atoms with Crippen molar-refractivity contribution < 1.29 is 18.7 Å². The van der Waals surface area contributed by atoms with Gasteiger partial charge < -0.3 is 9.47 Å². The molecule has 0 spiro atoms. The summed E-state index contributed by atoms with van der Waals surface area (Å²) in [4.78, 5) is 20.4. The standard InChI is InChI=1S/C16H16FNO2.C15H22N2O/c1-11-6-8-15(9-7-11)18-16(19)20-12(2)13-4-3-5-14(17)10-13;1-5-7-12(3)16-11-17-14-9-8-13(6-2)15(10-14)18-4/h3-10,12H,1-2H3,(H,18,19);8-11H,5-7H2,1-4H3. The largest absolute Gasteiger partial charge is 0.496 e. The van der Waals surface area contributed by atoms with E-state index in [1.807, 2.05) is 44.2 Å². The van der Waals surface area contributed by atoms with Crippen LogP contribution >= 0.6 is 0 Å². The van der Waals surface area contributed by atoms with Gasteiger partial charge in [-0.3, -0.25) is 5.32 Å². The number of hydrogen-bond donors (Lipinski definition) is 1. The van der Waals surface area contributed by atoms with Crippen LogP contribution < -0.4 is 10.1 Å². The molecule has 0 radical (unpaired) electrons. The third-order valence-electron chi connectivity index (χ3n) is 5.65. The number of methoxy groups -OCH3 is 1. The van der Waals surface area contributed by atoms with Crippen molar-refractivity contribution in [3.63, 3.8) is 0 Å². The molecule has 0 saturated carbocycles. The molecule has 3 aromatic rings. The fourth-order valence-electron chi connectivity index (χ4n) is 3.50. The molecule has 3 aromatic carbocycles. The molecule has 0 aliphatic carbocycles. The summed E-state index contributed by atoms with van der Waals surface area (Å²) in [6.45, 7) is 9.94. The maximum absolute atomic E-state index is 13.1. The van der Waals surface area contributed by atoms with Gasteiger partial charge in [-0.15, -0.1) is 0 Å². The molecule has 38 heavy (non-hydrogen) atoms. The molecule has 0 heterocycles. The lowest BCUT2D eigenvalue weighted by Crippen LogP contribution is -2.16. The SMILES string of the molecule is CCCC(C)=NC=Nc1ccc(CC)c(OC)c1.Cc1ccc(NC(=O)OC(C)c2cccc(F)c2)cc1. The number of amides is 1. The number of hydrogen-bond acceptors (Lipinski definition) is 4. The molecule has 0 bridgehead atoms. The van der Waals surface area contributed by atoms with Crippen LogP contribution in [0.15, 0.2) is 76.7 Å². The van der Waals surface area contributed by atoms with Crippen molar-refractivity contribution >= 4 is 29.5 Å². The summed E-state index contributed by atoms with van der Waals surface area (Å²) >= 11 is 0. The highest BCUT2D eigenvalue weighted by atomic mass is 19.1. The number of halogens is 1. The van der Waals surface area contributed by atoms with Gasteiger partial charge >= 0.3 is 6.09 Å². The van der Waals surface area contributed by atoms with Crippen LogP contribution in [-0.2, 0) is 11.2 Å². The minimum absolute atomic E-state index is 0.350. The van der Waals surface area contributed by atoms with E-state index in [4.69, 9.17) is 9.47 Å². The summed E-state index contributed by atoms with van der Waals surface area (Å²) in [7, 11) is 1.69. The van der Waals surface area contributed by atoms with E-state index < -0.39 is 12.2 Å². The van der Waals surface area contributed by atoms with E-state index in [1.165, 1.54) is 17.7 Å². The molecule has 0 fully saturated rings. The lowest BCUT2D eigenvalue weighted by atomic mass is 10.1. The molecule has 1 amide bonds. The van der Waals surface area contributed by atoms with Gasteiger partial charge in [0, 0.05) is 17.5 Å². The van der Waals surface area contributed by atoms with Gasteiger partial charge in [-0.25, -0.2) is 19.2 Å². The number of nitrogens with zero attached hydrogens (tertiary/aromatic N) is 2. The van der Waals surface area contributed by atoms with Crippen LogP contribution in [0.25, 0.3) is 0 Å². The molecule has 0 aliphatic heterocycles. The summed E-state index contributed by atoms with van der Waals surface area (Å²) in [6.07, 6.45) is 3.63. The minimum Gasteiger partial charge on any atom is -0.496 e. The maximum Gasteiger partial charge on any atom is 0.412 e. The van der Waals surface area contributed by atoms with E-state index in [9.17, 15) is 9.18 Å². The molecular weight excluding hydrogens is 481 g/mol. The zero-order valence-corrected chi connectivity index (χ0v) is 23.1. The lowest BCUT2D eigenvalue weighted by Gasteiger charge is -2.14. The number of rotatable bonds is 9. The van der Waals surface area contributed by atoms with Crippen molar-refractivity contribution in [3.8, 4) is 5.75 Å². The monoisotopic (exact) mass is 519 g/mol. The van der Waals surface area contributed by atoms with Crippen molar-refractivity contribution in [2.75, 3.05) is 12.4 Å². The minimum atomic E-state index is -0.564. The molecule has 1 unspecified atom stereocenters. The predicted molar refractivity (Wildman–Crippen MR) is 155 cm³/mol.